The lowest BCUT2D eigenvalue weighted by Gasteiger charge is -2.06. The Morgan fingerprint density at radius 3 is 2.57 bits per heavy atom. The topological polar surface area (TPSA) is 47.3 Å². The van der Waals surface area contributed by atoms with Crippen molar-refractivity contribution in [2.24, 2.45) is 5.73 Å². The Balaban J connectivity index is 2.83. The van der Waals surface area contributed by atoms with Crippen LogP contribution in [0.2, 0.25) is 0 Å². The quantitative estimate of drug-likeness (QED) is 0.386. The molecule has 0 aliphatic heterocycles. The van der Waals surface area contributed by atoms with Gasteiger partial charge in [0.25, 0.3) is 0 Å². The summed E-state index contributed by atoms with van der Waals surface area (Å²) in [4.78, 5) is 4.52. The Morgan fingerprint density at radius 1 is 1.86 bits per heavy atom. The van der Waals surface area contributed by atoms with Crippen molar-refractivity contribution in [2.75, 3.05) is 7.11 Å². The number of hydrogen-bond donors (Lipinski definition) is 2. The Hall–Kier alpha value is -0.120. The van der Waals surface area contributed by atoms with Crippen LogP contribution in [0.5, 0.6) is 0 Å². The monoisotopic (exact) mass is 104 g/mol. The highest BCUT2D eigenvalue weighted by molar-refractivity contribution is 4.43. The van der Waals surface area contributed by atoms with Gasteiger partial charge in [-0.1, -0.05) is 6.92 Å². The second-order valence-corrected chi connectivity index (χ2v) is 1.34. The molecule has 0 aliphatic carbocycles. The van der Waals surface area contributed by atoms with E-state index in [1.165, 1.54) is 0 Å². The zero-order chi connectivity index (χ0) is 5.70. The van der Waals surface area contributed by atoms with Crippen molar-refractivity contribution in [1.82, 2.24) is 5.48 Å². The molecule has 0 heterocycles. The van der Waals surface area contributed by atoms with E-state index in [0.717, 1.165) is 6.42 Å². The molecule has 7 heavy (non-hydrogen) atoms. The van der Waals surface area contributed by atoms with E-state index in [4.69, 9.17) is 5.73 Å². The van der Waals surface area contributed by atoms with E-state index in [1.807, 2.05) is 6.92 Å². The zero-order valence-corrected chi connectivity index (χ0v) is 4.77. The molecular weight excluding hydrogens is 92.1 g/mol. The SMILES string of the molecule is CCC(N)NOC. The summed E-state index contributed by atoms with van der Waals surface area (Å²) >= 11 is 0. The third kappa shape index (κ3) is 3.72. The Kier molecular flexibility index (Phi) is 3.98. The highest BCUT2D eigenvalue weighted by Gasteiger charge is 1.91. The summed E-state index contributed by atoms with van der Waals surface area (Å²) in [6, 6.07) is 0. The number of hydroxylamine groups is 1. The molecule has 1 atom stereocenters. The summed E-state index contributed by atoms with van der Waals surface area (Å²) in [5.74, 6) is 0. The highest BCUT2D eigenvalue weighted by atomic mass is 16.6. The third-order valence-corrected chi connectivity index (χ3v) is 0.709. The standard InChI is InChI=1S/C4H12N2O/c1-3-4(5)6-7-2/h4,6H,3,5H2,1-2H3. The number of nitrogens with one attached hydrogen (secondary N) is 1. The van der Waals surface area contributed by atoms with Gasteiger partial charge in [-0.2, -0.15) is 5.48 Å². The summed E-state index contributed by atoms with van der Waals surface area (Å²) in [5, 5.41) is 0. The maximum atomic E-state index is 5.35. The van der Waals surface area contributed by atoms with E-state index >= 15 is 0 Å². The Morgan fingerprint density at radius 2 is 2.43 bits per heavy atom. The van der Waals surface area contributed by atoms with Crippen LogP contribution in [0.3, 0.4) is 0 Å². The van der Waals surface area contributed by atoms with Crippen LogP contribution in [-0.2, 0) is 4.84 Å². The van der Waals surface area contributed by atoms with Gasteiger partial charge in [0.15, 0.2) is 0 Å². The van der Waals surface area contributed by atoms with E-state index in [-0.39, 0.29) is 6.17 Å². The van der Waals surface area contributed by atoms with Crippen LogP contribution in [-0.4, -0.2) is 13.3 Å². The van der Waals surface area contributed by atoms with Crippen LogP contribution >= 0.6 is 0 Å². The first kappa shape index (κ1) is 6.88. The summed E-state index contributed by atoms with van der Waals surface area (Å²) < 4.78 is 0. The second kappa shape index (κ2) is 4.05. The van der Waals surface area contributed by atoms with E-state index < -0.39 is 0 Å². The molecule has 0 aromatic carbocycles. The van der Waals surface area contributed by atoms with Gasteiger partial charge in [-0.15, -0.1) is 0 Å². The molecule has 0 saturated carbocycles. The van der Waals surface area contributed by atoms with Gasteiger partial charge in [0.05, 0.1) is 13.3 Å². The van der Waals surface area contributed by atoms with Gasteiger partial charge < -0.3 is 10.6 Å². The average molecular weight is 104 g/mol. The lowest BCUT2D eigenvalue weighted by atomic mass is 10.4. The molecule has 3 nitrogen and oxygen atoms in total. The molecule has 0 amide bonds. The molecular formula is C4H12N2O. The summed E-state index contributed by atoms with van der Waals surface area (Å²) in [7, 11) is 1.55. The average Bonchev–Trinajstić information content (AvgIpc) is 1.68. The molecule has 0 spiro atoms. The smallest absolute Gasteiger partial charge is 0.0784 e. The molecule has 1 unspecified atom stereocenters. The summed E-state index contributed by atoms with van der Waals surface area (Å²) in [6.45, 7) is 1.98. The molecule has 0 fully saturated rings. The van der Waals surface area contributed by atoms with Crippen molar-refractivity contribution < 1.29 is 4.84 Å². The minimum absolute atomic E-state index is 0.0231. The van der Waals surface area contributed by atoms with Crippen LogP contribution in [0.25, 0.3) is 0 Å². The molecule has 0 rings (SSSR count). The van der Waals surface area contributed by atoms with Crippen LogP contribution in [0.15, 0.2) is 0 Å². The van der Waals surface area contributed by atoms with Crippen molar-refractivity contribution in [3.63, 3.8) is 0 Å². The predicted octanol–water partition coefficient (Wildman–Crippen LogP) is -0.168. The van der Waals surface area contributed by atoms with Crippen molar-refractivity contribution in [1.29, 1.82) is 0 Å². The van der Waals surface area contributed by atoms with Gasteiger partial charge in [0.1, 0.15) is 0 Å². The van der Waals surface area contributed by atoms with Crippen LogP contribution in [0, 0.1) is 0 Å². The van der Waals surface area contributed by atoms with Gasteiger partial charge in [-0.25, -0.2) is 0 Å². The van der Waals surface area contributed by atoms with Gasteiger partial charge >= 0.3 is 0 Å². The van der Waals surface area contributed by atoms with Crippen LogP contribution in [0.1, 0.15) is 13.3 Å². The van der Waals surface area contributed by atoms with E-state index in [0.29, 0.717) is 0 Å². The number of rotatable bonds is 3. The normalized spacial score (nSPS) is 14.1. The Bertz CT molecular complexity index is 40.7. The van der Waals surface area contributed by atoms with Crippen molar-refractivity contribution >= 4 is 0 Å². The molecule has 44 valence electrons. The number of hydrogen-bond acceptors (Lipinski definition) is 3. The minimum atomic E-state index is -0.0231. The fourth-order valence-corrected chi connectivity index (χ4v) is 0.235. The van der Waals surface area contributed by atoms with Gasteiger partial charge in [-0.05, 0) is 6.42 Å². The fourth-order valence-electron chi connectivity index (χ4n) is 0.235. The van der Waals surface area contributed by atoms with Crippen molar-refractivity contribution in [3.8, 4) is 0 Å². The van der Waals surface area contributed by atoms with E-state index in [9.17, 15) is 0 Å². The minimum Gasteiger partial charge on any atom is -0.314 e. The number of nitrogens with two attached hydrogens (primary N) is 1. The van der Waals surface area contributed by atoms with Crippen LogP contribution in [0.4, 0.5) is 0 Å². The Labute approximate surface area is 43.8 Å². The first-order valence-corrected chi connectivity index (χ1v) is 2.35. The lowest BCUT2D eigenvalue weighted by molar-refractivity contribution is 0.0614. The second-order valence-electron chi connectivity index (χ2n) is 1.34. The molecule has 0 aromatic rings. The molecule has 0 radical (unpaired) electrons. The molecule has 3 N–H and O–H groups in total. The molecule has 0 aromatic heterocycles. The van der Waals surface area contributed by atoms with Gasteiger partial charge in [0, 0.05) is 0 Å². The van der Waals surface area contributed by atoms with E-state index in [1.54, 1.807) is 7.11 Å². The predicted molar refractivity (Wildman–Crippen MR) is 28.4 cm³/mol. The highest BCUT2D eigenvalue weighted by Crippen LogP contribution is 1.76. The summed E-state index contributed by atoms with van der Waals surface area (Å²) in [6.07, 6.45) is 0.860. The van der Waals surface area contributed by atoms with Gasteiger partial charge in [0.2, 0.25) is 0 Å². The lowest BCUT2D eigenvalue weighted by Crippen LogP contribution is -2.35. The largest absolute Gasteiger partial charge is 0.314 e. The third-order valence-electron chi connectivity index (χ3n) is 0.709. The molecule has 0 aliphatic rings. The van der Waals surface area contributed by atoms with Crippen molar-refractivity contribution in [2.45, 2.75) is 19.5 Å². The fraction of sp³-hybridized carbons (Fsp3) is 1.00. The maximum absolute atomic E-state index is 5.35. The molecule has 3 heteroatoms. The zero-order valence-electron chi connectivity index (χ0n) is 4.77. The maximum Gasteiger partial charge on any atom is 0.0784 e. The van der Waals surface area contributed by atoms with Gasteiger partial charge in [-0.3, -0.25) is 0 Å². The molecule has 0 bridgehead atoms. The first-order chi connectivity index (χ1) is 3.31. The van der Waals surface area contributed by atoms with E-state index in [2.05, 4.69) is 10.3 Å². The first-order valence-electron chi connectivity index (χ1n) is 2.35. The van der Waals surface area contributed by atoms with Crippen LogP contribution < -0.4 is 11.2 Å². The van der Waals surface area contributed by atoms with Crippen molar-refractivity contribution in [3.05, 3.63) is 0 Å². The molecule has 0 saturated heterocycles. The summed E-state index contributed by atoms with van der Waals surface area (Å²) in [5.41, 5.74) is 7.92.